The second kappa shape index (κ2) is 10.7. The lowest BCUT2D eigenvalue weighted by Gasteiger charge is -2.17. The van der Waals surface area contributed by atoms with E-state index >= 15 is 0 Å². The van der Waals surface area contributed by atoms with E-state index in [1.165, 1.54) is 33.9 Å². The second-order valence-electron chi connectivity index (χ2n) is 8.77. The highest BCUT2D eigenvalue weighted by atomic mass is 32.2. The van der Waals surface area contributed by atoms with Crippen LogP contribution in [-0.4, -0.2) is 64.6 Å². The Morgan fingerprint density at radius 2 is 1.34 bits per heavy atom. The molecule has 0 radical (unpaired) electrons. The highest BCUT2D eigenvalue weighted by molar-refractivity contribution is 7.89. The summed E-state index contributed by atoms with van der Waals surface area (Å²) in [6.07, 6.45) is 3.84. The molecule has 0 bridgehead atoms. The molecule has 1 N–H and O–H groups in total. The molecular formula is C24H31N3O6S2. The van der Waals surface area contributed by atoms with Crippen molar-refractivity contribution < 1.29 is 26.4 Å². The van der Waals surface area contributed by atoms with Crippen molar-refractivity contribution in [3.8, 4) is 5.75 Å². The van der Waals surface area contributed by atoms with Crippen molar-refractivity contribution in [1.82, 2.24) is 8.61 Å². The molecule has 2 aromatic rings. The molecule has 0 spiro atoms. The van der Waals surface area contributed by atoms with E-state index in [1.807, 2.05) is 0 Å². The average molecular weight is 522 g/mol. The molecule has 2 aliphatic rings. The van der Waals surface area contributed by atoms with Crippen molar-refractivity contribution in [2.75, 3.05) is 38.6 Å². The summed E-state index contributed by atoms with van der Waals surface area (Å²) < 4.78 is 59.5. The number of anilines is 1. The van der Waals surface area contributed by atoms with Crippen molar-refractivity contribution >= 4 is 31.6 Å². The molecule has 2 heterocycles. The van der Waals surface area contributed by atoms with Gasteiger partial charge < -0.3 is 10.1 Å². The predicted octanol–water partition coefficient (Wildman–Crippen LogP) is 2.84. The standard InChI is InChI=1S/C24H31N3O6S2/c1-33-23-12-11-22(35(31,32)27-16-4-5-17-27)18-19(23)6-13-24(28)25-20-7-9-21(10-8-20)34(29,30)26-14-2-3-15-26/h7-12,18H,2-6,13-17H2,1H3,(H,25,28). The molecule has 2 fully saturated rings. The first-order valence-electron chi connectivity index (χ1n) is 11.8. The SMILES string of the molecule is COc1ccc(S(=O)(=O)N2CCCC2)cc1CCC(=O)Nc1ccc(S(=O)(=O)N2CCCC2)cc1. The zero-order chi connectivity index (χ0) is 25.1. The van der Waals surface area contributed by atoms with Gasteiger partial charge in [-0.15, -0.1) is 0 Å². The van der Waals surface area contributed by atoms with Crippen molar-refractivity contribution in [2.45, 2.75) is 48.3 Å². The summed E-state index contributed by atoms with van der Waals surface area (Å²) in [6, 6.07) is 10.9. The van der Waals surface area contributed by atoms with Gasteiger partial charge >= 0.3 is 0 Å². The molecule has 2 saturated heterocycles. The maximum Gasteiger partial charge on any atom is 0.243 e. The highest BCUT2D eigenvalue weighted by Gasteiger charge is 2.28. The minimum Gasteiger partial charge on any atom is -0.496 e. The monoisotopic (exact) mass is 521 g/mol. The van der Waals surface area contributed by atoms with Gasteiger partial charge in [-0.2, -0.15) is 8.61 Å². The largest absolute Gasteiger partial charge is 0.496 e. The van der Waals surface area contributed by atoms with E-state index in [2.05, 4.69) is 5.32 Å². The number of carbonyl (C=O) groups excluding carboxylic acids is 1. The number of hydrogen-bond donors (Lipinski definition) is 1. The van der Waals surface area contributed by atoms with Gasteiger partial charge in [0.1, 0.15) is 5.75 Å². The van der Waals surface area contributed by atoms with Gasteiger partial charge in [0, 0.05) is 38.3 Å². The summed E-state index contributed by atoms with van der Waals surface area (Å²) in [4.78, 5) is 13.0. The summed E-state index contributed by atoms with van der Waals surface area (Å²) in [6.45, 7) is 2.10. The van der Waals surface area contributed by atoms with E-state index in [1.54, 1.807) is 24.3 Å². The number of methoxy groups -OCH3 is 1. The van der Waals surface area contributed by atoms with E-state index in [0.717, 1.165) is 25.7 Å². The van der Waals surface area contributed by atoms with Gasteiger partial charge in [-0.1, -0.05) is 0 Å². The van der Waals surface area contributed by atoms with Crippen molar-refractivity contribution in [2.24, 2.45) is 0 Å². The van der Waals surface area contributed by atoms with Crippen molar-refractivity contribution in [1.29, 1.82) is 0 Å². The zero-order valence-electron chi connectivity index (χ0n) is 19.8. The third-order valence-electron chi connectivity index (χ3n) is 6.42. The number of amides is 1. The summed E-state index contributed by atoms with van der Waals surface area (Å²) in [5, 5.41) is 2.77. The van der Waals surface area contributed by atoms with Gasteiger partial charge in [-0.25, -0.2) is 16.8 Å². The Morgan fingerprint density at radius 3 is 1.89 bits per heavy atom. The molecule has 0 atom stereocenters. The molecule has 0 saturated carbocycles. The molecule has 9 nitrogen and oxygen atoms in total. The first-order valence-corrected chi connectivity index (χ1v) is 14.7. The Bertz CT molecular complexity index is 1260. The normalized spacial score (nSPS) is 17.5. The number of carbonyl (C=O) groups is 1. The van der Waals surface area contributed by atoms with E-state index in [4.69, 9.17) is 4.74 Å². The molecule has 35 heavy (non-hydrogen) atoms. The van der Waals surface area contributed by atoms with Gasteiger partial charge in [0.05, 0.1) is 16.9 Å². The van der Waals surface area contributed by atoms with Crippen LogP contribution >= 0.6 is 0 Å². The number of sulfonamides is 2. The Labute approximate surface area is 207 Å². The molecular weight excluding hydrogens is 490 g/mol. The van der Waals surface area contributed by atoms with Gasteiger partial charge in [-0.05, 0) is 80.1 Å². The van der Waals surface area contributed by atoms with Crippen LogP contribution in [0, 0.1) is 0 Å². The molecule has 11 heteroatoms. The van der Waals surface area contributed by atoms with Crippen LogP contribution in [0.2, 0.25) is 0 Å². The number of ether oxygens (including phenoxy) is 1. The topological polar surface area (TPSA) is 113 Å². The number of rotatable bonds is 9. The zero-order valence-corrected chi connectivity index (χ0v) is 21.4. The number of nitrogens with one attached hydrogen (secondary N) is 1. The first kappa shape index (κ1) is 25.6. The summed E-state index contributed by atoms with van der Waals surface area (Å²) in [5.41, 5.74) is 1.13. The fourth-order valence-electron chi connectivity index (χ4n) is 4.45. The molecule has 1 amide bonds. The molecule has 0 aromatic heterocycles. The first-order chi connectivity index (χ1) is 16.7. The molecule has 4 rings (SSSR count). The Hall–Kier alpha value is -2.47. The Morgan fingerprint density at radius 1 is 0.829 bits per heavy atom. The van der Waals surface area contributed by atoms with Crippen LogP contribution in [0.15, 0.2) is 52.3 Å². The van der Waals surface area contributed by atoms with Crippen LogP contribution in [0.1, 0.15) is 37.7 Å². The average Bonchev–Trinajstić information content (AvgIpc) is 3.58. The van der Waals surface area contributed by atoms with Gasteiger partial charge in [0.2, 0.25) is 26.0 Å². The van der Waals surface area contributed by atoms with E-state index in [9.17, 15) is 21.6 Å². The number of nitrogens with zero attached hydrogens (tertiary/aromatic N) is 2. The molecule has 2 aromatic carbocycles. The van der Waals surface area contributed by atoms with E-state index in [0.29, 0.717) is 49.6 Å². The van der Waals surface area contributed by atoms with Crippen molar-refractivity contribution in [3.05, 3.63) is 48.0 Å². The summed E-state index contributed by atoms with van der Waals surface area (Å²) >= 11 is 0. The maximum atomic E-state index is 12.9. The van der Waals surface area contributed by atoms with Gasteiger partial charge in [-0.3, -0.25) is 4.79 Å². The minimum atomic E-state index is -3.57. The van der Waals surface area contributed by atoms with Crippen LogP contribution < -0.4 is 10.1 Å². The lowest BCUT2D eigenvalue weighted by atomic mass is 10.1. The molecule has 0 unspecified atom stereocenters. The fraction of sp³-hybridized carbons (Fsp3) is 0.458. The van der Waals surface area contributed by atoms with E-state index < -0.39 is 20.0 Å². The minimum absolute atomic E-state index is 0.109. The summed E-state index contributed by atoms with van der Waals surface area (Å²) in [7, 11) is -5.57. The molecule has 0 aliphatic carbocycles. The number of hydrogen-bond acceptors (Lipinski definition) is 6. The number of benzene rings is 2. The third-order valence-corrected chi connectivity index (χ3v) is 10.2. The van der Waals surface area contributed by atoms with Gasteiger partial charge in [0.15, 0.2) is 0 Å². The van der Waals surface area contributed by atoms with Gasteiger partial charge in [0.25, 0.3) is 0 Å². The van der Waals surface area contributed by atoms with Crippen LogP contribution in [-0.2, 0) is 31.3 Å². The Balaban J connectivity index is 1.40. The van der Waals surface area contributed by atoms with Crippen LogP contribution in [0.5, 0.6) is 5.75 Å². The quantitative estimate of drug-likeness (QED) is 0.543. The predicted molar refractivity (Wildman–Crippen MR) is 132 cm³/mol. The highest BCUT2D eigenvalue weighted by Crippen LogP contribution is 2.28. The van der Waals surface area contributed by atoms with E-state index in [-0.39, 0.29) is 22.1 Å². The lowest BCUT2D eigenvalue weighted by molar-refractivity contribution is -0.116. The van der Waals surface area contributed by atoms with Crippen LogP contribution in [0.3, 0.4) is 0 Å². The van der Waals surface area contributed by atoms with Crippen LogP contribution in [0.4, 0.5) is 5.69 Å². The maximum absolute atomic E-state index is 12.9. The molecule has 190 valence electrons. The number of aryl methyl sites for hydroxylation is 1. The Kier molecular flexibility index (Phi) is 7.80. The van der Waals surface area contributed by atoms with Crippen molar-refractivity contribution in [3.63, 3.8) is 0 Å². The third kappa shape index (κ3) is 5.69. The fourth-order valence-corrected chi connectivity index (χ4v) is 7.53. The summed E-state index contributed by atoms with van der Waals surface area (Å²) in [5.74, 6) is 0.254. The molecule has 2 aliphatic heterocycles. The smallest absolute Gasteiger partial charge is 0.243 e. The lowest BCUT2D eigenvalue weighted by Crippen LogP contribution is -2.28. The van der Waals surface area contributed by atoms with Crippen LogP contribution in [0.25, 0.3) is 0 Å². The second-order valence-corrected chi connectivity index (χ2v) is 12.6.